The van der Waals surface area contributed by atoms with Gasteiger partial charge in [0.1, 0.15) is 6.61 Å². The average molecular weight is 320 g/mol. The molecule has 1 aromatic carbocycles. The van der Waals surface area contributed by atoms with E-state index in [-0.39, 0.29) is 18.6 Å². The molecule has 1 aromatic rings. The van der Waals surface area contributed by atoms with Crippen LogP contribution in [-0.2, 0) is 14.3 Å². The molecule has 20 heavy (non-hydrogen) atoms. The lowest BCUT2D eigenvalue weighted by Crippen LogP contribution is -2.33. The van der Waals surface area contributed by atoms with Crippen LogP contribution in [0, 0.1) is 0 Å². The van der Waals surface area contributed by atoms with E-state index in [1.165, 1.54) is 0 Å². The Hall–Kier alpha value is -0.810. The van der Waals surface area contributed by atoms with Crippen LogP contribution in [0.5, 0.6) is 0 Å². The van der Waals surface area contributed by atoms with Gasteiger partial charge < -0.3 is 14.4 Å². The number of ether oxygens (including phenoxy) is 2. The number of halogens is 2. The Bertz CT molecular complexity index is 454. The van der Waals surface area contributed by atoms with Crippen LogP contribution in [0.3, 0.4) is 0 Å². The van der Waals surface area contributed by atoms with Crippen LogP contribution < -0.4 is 0 Å². The Labute approximate surface area is 129 Å². The second-order valence-corrected chi connectivity index (χ2v) is 5.24. The van der Waals surface area contributed by atoms with Crippen molar-refractivity contribution in [2.24, 2.45) is 0 Å². The largest absolute Gasteiger partial charge is 0.382 e. The highest BCUT2D eigenvalue weighted by atomic mass is 35.5. The first-order valence-electron chi connectivity index (χ1n) is 6.24. The molecule has 1 atom stereocenters. The van der Waals surface area contributed by atoms with Gasteiger partial charge in [-0.05, 0) is 24.6 Å². The number of carbonyl (C=O) groups excluding carboxylic acids is 1. The first-order valence-corrected chi connectivity index (χ1v) is 7.00. The van der Waals surface area contributed by atoms with Gasteiger partial charge in [-0.3, -0.25) is 4.79 Å². The van der Waals surface area contributed by atoms with Crippen molar-refractivity contribution in [2.75, 3.05) is 34.0 Å². The van der Waals surface area contributed by atoms with Gasteiger partial charge in [0, 0.05) is 24.2 Å². The monoisotopic (exact) mass is 319 g/mol. The van der Waals surface area contributed by atoms with Gasteiger partial charge in [0.05, 0.1) is 19.3 Å². The smallest absolute Gasteiger partial charge is 0.248 e. The molecule has 0 aromatic heterocycles. The molecule has 0 N–H and O–H groups in total. The molecule has 0 saturated carbocycles. The summed E-state index contributed by atoms with van der Waals surface area (Å²) in [7, 11) is 3.31. The standard InChI is InChI=1S/C14H19Cl2NO3/c1-10(12-5-4-11(15)8-13(12)16)17(2)14(18)9-20-7-6-19-3/h4-5,8,10H,6-7,9H2,1-3H3. The second kappa shape index (κ2) is 8.47. The number of nitrogens with zero attached hydrogens (tertiary/aromatic N) is 1. The van der Waals surface area contributed by atoms with Gasteiger partial charge in [0.2, 0.25) is 5.91 Å². The first kappa shape index (κ1) is 17.2. The Morgan fingerprint density at radius 3 is 2.65 bits per heavy atom. The van der Waals surface area contributed by atoms with Crippen LogP contribution in [0.1, 0.15) is 18.5 Å². The second-order valence-electron chi connectivity index (χ2n) is 4.39. The zero-order valence-electron chi connectivity index (χ0n) is 11.9. The predicted octanol–water partition coefficient (Wildman–Crippen LogP) is 3.18. The Morgan fingerprint density at radius 2 is 2.05 bits per heavy atom. The first-order chi connectivity index (χ1) is 9.47. The van der Waals surface area contributed by atoms with Gasteiger partial charge in [-0.1, -0.05) is 29.3 Å². The van der Waals surface area contributed by atoms with Crippen LogP contribution in [0.25, 0.3) is 0 Å². The summed E-state index contributed by atoms with van der Waals surface area (Å²) in [6, 6.07) is 5.10. The van der Waals surface area contributed by atoms with Crippen molar-refractivity contribution in [1.82, 2.24) is 4.90 Å². The molecule has 0 fully saturated rings. The summed E-state index contributed by atoms with van der Waals surface area (Å²) in [4.78, 5) is 13.6. The summed E-state index contributed by atoms with van der Waals surface area (Å²) in [6.45, 7) is 2.79. The van der Waals surface area contributed by atoms with Crippen molar-refractivity contribution in [3.63, 3.8) is 0 Å². The van der Waals surface area contributed by atoms with Gasteiger partial charge in [-0.2, -0.15) is 0 Å². The van der Waals surface area contributed by atoms with Crippen LogP contribution in [0.2, 0.25) is 10.0 Å². The summed E-state index contributed by atoms with van der Waals surface area (Å²) in [5.41, 5.74) is 0.851. The minimum atomic E-state index is -0.154. The lowest BCUT2D eigenvalue weighted by atomic mass is 10.1. The molecule has 0 radical (unpaired) electrons. The van der Waals surface area contributed by atoms with Crippen LogP contribution >= 0.6 is 23.2 Å². The molecule has 112 valence electrons. The average Bonchev–Trinajstić information content (AvgIpc) is 2.42. The summed E-state index contributed by atoms with van der Waals surface area (Å²) in [5, 5.41) is 1.12. The molecule has 0 aliphatic heterocycles. The van der Waals surface area contributed by atoms with Gasteiger partial charge in [0.15, 0.2) is 0 Å². The van der Waals surface area contributed by atoms with E-state index in [0.717, 1.165) is 5.56 Å². The number of hydrogen-bond acceptors (Lipinski definition) is 3. The normalized spacial score (nSPS) is 12.2. The molecule has 0 heterocycles. The highest BCUT2D eigenvalue weighted by Crippen LogP contribution is 2.29. The van der Waals surface area contributed by atoms with E-state index < -0.39 is 0 Å². The van der Waals surface area contributed by atoms with Crippen molar-refractivity contribution >= 4 is 29.1 Å². The predicted molar refractivity (Wildman–Crippen MR) is 80.3 cm³/mol. The molecular weight excluding hydrogens is 301 g/mol. The summed E-state index contributed by atoms with van der Waals surface area (Å²) < 4.78 is 10.1. The number of likely N-dealkylation sites (N-methyl/N-ethyl adjacent to an activating group) is 1. The van der Waals surface area contributed by atoms with Gasteiger partial charge in [0.25, 0.3) is 0 Å². The molecule has 0 aliphatic carbocycles. The highest BCUT2D eigenvalue weighted by molar-refractivity contribution is 6.35. The summed E-state index contributed by atoms with van der Waals surface area (Å²) in [5.74, 6) is -0.111. The lowest BCUT2D eigenvalue weighted by molar-refractivity contribution is -0.137. The van der Waals surface area contributed by atoms with E-state index in [4.69, 9.17) is 32.7 Å². The third kappa shape index (κ3) is 4.94. The summed E-state index contributed by atoms with van der Waals surface area (Å²) in [6.07, 6.45) is 0. The molecule has 0 bridgehead atoms. The van der Waals surface area contributed by atoms with E-state index in [0.29, 0.717) is 23.3 Å². The van der Waals surface area contributed by atoms with E-state index in [2.05, 4.69) is 0 Å². The Morgan fingerprint density at radius 1 is 1.35 bits per heavy atom. The fraction of sp³-hybridized carbons (Fsp3) is 0.500. The minimum absolute atomic E-state index is 0.0232. The third-order valence-electron chi connectivity index (χ3n) is 3.04. The Kier molecular flexibility index (Phi) is 7.30. The third-order valence-corrected chi connectivity index (χ3v) is 3.61. The zero-order valence-corrected chi connectivity index (χ0v) is 13.4. The summed E-state index contributed by atoms with van der Waals surface area (Å²) >= 11 is 12.0. The molecule has 1 rings (SSSR count). The number of rotatable bonds is 7. The quantitative estimate of drug-likeness (QED) is 0.724. The van der Waals surface area contributed by atoms with Gasteiger partial charge in [-0.15, -0.1) is 0 Å². The zero-order chi connectivity index (χ0) is 15.1. The van der Waals surface area contributed by atoms with Crippen molar-refractivity contribution in [2.45, 2.75) is 13.0 Å². The maximum Gasteiger partial charge on any atom is 0.248 e. The van der Waals surface area contributed by atoms with Crippen LogP contribution in [-0.4, -0.2) is 44.8 Å². The molecule has 1 amide bonds. The number of amides is 1. The number of methoxy groups -OCH3 is 1. The maximum absolute atomic E-state index is 12.0. The van der Waals surface area contributed by atoms with Crippen LogP contribution in [0.4, 0.5) is 0 Å². The number of carbonyl (C=O) groups is 1. The fourth-order valence-electron chi connectivity index (χ4n) is 1.67. The topological polar surface area (TPSA) is 38.8 Å². The van der Waals surface area contributed by atoms with E-state index in [1.807, 2.05) is 13.0 Å². The van der Waals surface area contributed by atoms with Crippen molar-refractivity contribution in [3.8, 4) is 0 Å². The molecule has 0 aliphatic rings. The van der Waals surface area contributed by atoms with Crippen LogP contribution in [0.15, 0.2) is 18.2 Å². The fourth-order valence-corrected chi connectivity index (χ4v) is 2.23. The van der Waals surface area contributed by atoms with Crippen molar-refractivity contribution in [1.29, 1.82) is 0 Å². The van der Waals surface area contributed by atoms with Crippen molar-refractivity contribution in [3.05, 3.63) is 33.8 Å². The van der Waals surface area contributed by atoms with E-state index in [9.17, 15) is 4.79 Å². The van der Waals surface area contributed by atoms with Crippen molar-refractivity contribution < 1.29 is 14.3 Å². The molecule has 0 spiro atoms. The molecule has 6 heteroatoms. The number of hydrogen-bond donors (Lipinski definition) is 0. The van der Waals surface area contributed by atoms with E-state index in [1.54, 1.807) is 31.2 Å². The van der Waals surface area contributed by atoms with Gasteiger partial charge in [-0.25, -0.2) is 0 Å². The lowest BCUT2D eigenvalue weighted by Gasteiger charge is -2.26. The van der Waals surface area contributed by atoms with E-state index >= 15 is 0 Å². The molecule has 4 nitrogen and oxygen atoms in total. The molecule has 1 unspecified atom stereocenters. The van der Waals surface area contributed by atoms with Gasteiger partial charge >= 0.3 is 0 Å². The highest BCUT2D eigenvalue weighted by Gasteiger charge is 2.19. The maximum atomic E-state index is 12.0. The SMILES string of the molecule is COCCOCC(=O)N(C)C(C)c1ccc(Cl)cc1Cl. The molecule has 0 saturated heterocycles. The molecular formula is C14H19Cl2NO3. The Balaban J connectivity index is 2.61. The minimum Gasteiger partial charge on any atom is -0.382 e. The number of benzene rings is 1.